The van der Waals surface area contributed by atoms with Crippen LogP contribution in [0.3, 0.4) is 0 Å². The Morgan fingerprint density at radius 1 is 1.82 bits per heavy atom. The third-order valence-electron chi connectivity index (χ3n) is 2.59. The molecular formula is C9H12OS. The highest BCUT2D eigenvalue weighted by Crippen LogP contribution is 2.53. The third kappa shape index (κ3) is 1.01. The van der Waals surface area contributed by atoms with E-state index >= 15 is 0 Å². The van der Waals surface area contributed by atoms with E-state index in [4.69, 9.17) is 0 Å². The zero-order chi connectivity index (χ0) is 7.90. The summed E-state index contributed by atoms with van der Waals surface area (Å²) in [5, 5.41) is 14.0. The molecule has 1 aromatic heterocycles. The first-order chi connectivity index (χ1) is 5.27. The molecule has 1 saturated carbocycles. The van der Waals surface area contributed by atoms with Crippen LogP contribution < -0.4 is 0 Å². The Bertz CT molecular complexity index is 242. The SMILES string of the molecule is CCC1CC1(O)c1ccsc1. The lowest BCUT2D eigenvalue weighted by Gasteiger charge is -2.05. The largest absolute Gasteiger partial charge is 0.385 e. The molecule has 1 heterocycles. The van der Waals surface area contributed by atoms with Crippen LogP contribution >= 0.6 is 11.3 Å². The van der Waals surface area contributed by atoms with Crippen LogP contribution in [-0.2, 0) is 5.60 Å². The molecular weight excluding hydrogens is 156 g/mol. The highest BCUT2D eigenvalue weighted by atomic mass is 32.1. The molecule has 2 rings (SSSR count). The van der Waals surface area contributed by atoms with Crippen LogP contribution in [0.4, 0.5) is 0 Å². The lowest BCUT2D eigenvalue weighted by Crippen LogP contribution is -2.06. The van der Waals surface area contributed by atoms with Gasteiger partial charge in [-0.15, -0.1) is 0 Å². The molecule has 0 spiro atoms. The molecule has 0 aromatic carbocycles. The van der Waals surface area contributed by atoms with Crippen molar-refractivity contribution in [1.82, 2.24) is 0 Å². The first-order valence-corrected chi connectivity index (χ1v) is 4.96. The van der Waals surface area contributed by atoms with Crippen LogP contribution in [0.25, 0.3) is 0 Å². The van der Waals surface area contributed by atoms with E-state index in [9.17, 15) is 5.11 Å². The fraction of sp³-hybridized carbons (Fsp3) is 0.556. The second-order valence-electron chi connectivity index (χ2n) is 3.25. The molecule has 2 atom stereocenters. The van der Waals surface area contributed by atoms with E-state index in [1.807, 2.05) is 11.4 Å². The maximum Gasteiger partial charge on any atom is 0.0937 e. The van der Waals surface area contributed by atoms with Crippen LogP contribution in [-0.4, -0.2) is 5.11 Å². The molecule has 2 unspecified atom stereocenters. The summed E-state index contributed by atoms with van der Waals surface area (Å²) in [4.78, 5) is 0. The highest BCUT2D eigenvalue weighted by molar-refractivity contribution is 7.08. The maximum atomic E-state index is 9.96. The van der Waals surface area contributed by atoms with Crippen molar-refractivity contribution in [2.24, 2.45) is 5.92 Å². The summed E-state index contributed by atoms with van der Waals surface area (Å²) < 4.78 is 0. The number of hydrogen-bond acceptors (Lipinski definition) is 2. The van der Waals surface area contributed by atoms with Gasteiger partial charge in [0.15, 0.2) is 0 Å². The normalized spacial score (nSPS) is 35.6. The highest BCUT2D eigenvalue weighted by Gasteiger charge is 2.52. The van der Waals surface area contributed by atoms with Crippen LogP contribution in [0.2, 0.25) is 0 Å². The second-order valence-corrected chi connectivity index (χ2v) is 4.03. The van der Waals surface area contributed by atoms with E-state index in [0.29, 0.717) is 5.92 Å². The van der Waals surface area contributed by atoms with Gasteiger partial charge < -0.3 is 5.11 Å². The monoisotopic (exact) mass is 168 g/mol. The zero-order valence-electron chi connectivity index (χ0n) is 6.58. The minimum absolute atomic E-state index is 0.450. The Balaban J connectivity index is 2.19. The van der Waals surface area contributed by atoms with Crippen molar-refractivity contribution in [1.29, 1.82) is 0 Å². The predicted molar refractivity (Wildman–Crippen MR) is 46.6 cm³/mol. The first-order valence-electron chi connectivity index (χ1n) is 4.02. The van der Waals surface area contributed by atoms with Gasteiger partial charge in [0.25, 0.3) is 0 Å². The Hall–Kier alpha value is -0.340. The predicted octanol–water partition coefficient (Wildman–Crippen LogP) is 2.37. The van der Waals surface area contributed by atoms with Gasteiger partial charge in [0.1, 0.15) is 0 Å². The van der Waals surface area contributed by atoms with Gasteiger partial charge in [-0.3, -0.25) is 0 Å². The van der Waals surface area contributed by atoms with E-state index in [2.05, 4.69) is 12.3 Å². The van der Waals surface area contributed by atoms with Gasteiger partial charge in [-0.1, -0.05) is 13.3 Å². The molecule has 0 bridgehead atoms. The fourth-order valence-corrected chi connectivity index (χ4v) is 2.40. The van der Waals surface area contributed by atoms with Crippen molar-refractivity contribution in [2.75, 3.05) is 0 Å². The average Bonchev–Trinajstić information content (AvgIpc) is 2.55. The van der Waals surface area contributed by atoms with E-state index < -0.39 is 5.60 Å². The molecule has 1 nitrogen and oxygen atoms in total. The molecule has 1 fully saturated rings. The Labute approximate surface area is 70.7 Å². The fourth-order valence-electron chi connectivity index (χ4n) is 1.66. The van der Waals surface area contributed by atoms with Gasteiger partial charge in [-0.2, -0.15) is 11.3 Å². The molecule has 0 radical (unpaired) electrons. The van der Waals surface area contributed by atoms with Gasteiger partial charge in [-0.25, -0.2) is 0 Å². The van der Waals surface area contributed by atoms with Crippen molar-refractivity contribution in [3.63, 3.8) is 0 Å². The number of rotatable bonds is 2. The molecule has 1 aromatic rings. The summed E-state index contributed by atoms with van der Waals surface area (Å²) in [5.74, 6) is 0.511. The smallest absolute Gasteiger partial charge is 0.0937 e. The quantitative estimate of drug-likeness (QED) is 0.718. The van der Waals surface area contributed by atoms with E-state index in [1.54, 1.807) is 11.3 Å². The van der Waals surface area contributed by atoms with Crippen molar-refractivity contribution in [3.05, 3.63) is 22.4 Å². The Morgan fingerprint density at radius 3 is 3.09 bits per heavy atom. The maximum absolute atomic E-state index is 9.96. The molecule has 11 heavy (non-hydrogen) atoms. The molecule has 1 aliphatic rings. The number of thiophene rings is 1. The van der Waals surface area contributed by atoms with Gasteiger partial charge >= 0.3 is 0 Å². The minimum Gasteiger partial charge on any atom is -0.385 e. The Morgan fingerprint density at radius 2 is 2.64 bits per heavy atom. The lowest BCUT2D eigenvalue weighted by molar-refractivity contribution is 0.131. The molecule has 0 amide bonds. The van der Waals surface area contributed by atoms with Crippen LogP contribution in [0.5, 0.6) is 0 Å². The van der Waals surface area contributed by atoms with Crippen LogP contribution in [0, 0.1) is 5.92 Å². The van der Waals surface area contributed by atoms with Crippen molar-refractivity contribution in [2.45, 2.75) is 25.4 Å². The molecule has 1 aliphatic carbocycles. The van der Waals surface area contributed by atoms with Gasteiger partial charge in [0, 0.05) is 0 Å². The average molecular weight is 168 g/mol. The van der Waals surface area contributed by atoms with E-state index in [0.717, 1.165) is 18.4 Å². The molecule has 2 heteroatoms. The van der Waals surface area contributed by atoms with Crippen molar-refractivity contribution < 1.29 is 5.11 Å². The summed E-state index contributed by atoms with van der Waals surface area (Å²) in [6, 6.07) is 2.03. The zero-order valence-corrected chi connectivity index (χ0v) is 7.40. The van der Waals surface area contributed by atoms with Gasteiger partial charge in [0.05, 0.1) is 5.60 Å². The van der Waals surface area contributed by atoms with Crippen molar-refractivity contribution in [3.8, 4) is 0 Å². The van der Waals surface area contributed by atoms with Crippen LogP contribution in [0.1, 0.15) is 25.3 Å². The van der Waals surface area contributed by atoms with Gasteiger partial charge in [0.2, 0.25) is 0 Å². The number of hydrogen-bond donors (Lipinski definition) is 1. The summed E-state index contributed by atoms with van der Waals surface area (Å²) in [7, 11) is 0. The van der Waals surface area contributed by atoms with E-state index in [1.165, 1.54) is 0 Å². The van der Waals surface area contributed by atoms with Crippen LogP contribution in [0.15, 0.2) is 16.8 Å². The molecule has 0 saturated heterocycles. The standard InChI is InChI=1S/C9H12OS/c1-2-7-5-9(7,10)8-3-4-11-6-8/h3-4,6-7,10H,2,5H2,1H3. The topological polar surface area (TPSA) is 20.2 Å². The molecule has 1 N–H and O–H groups in total. The summed E-state index contributed by atoms with van der Waals surface area (Å²) in [5.41, 5.74) is 0.670. The summed E-state index contributed by atoms with van der Waals surface area (Å²) >= 11 is 1.66. The van der Waals surface area contributed by atoms with Gasteiger partial charge in [-0.05, 0) is 34.7 Å². The molecule has 0 aliphatic heterocycles. The second kappa shape index (κ2) is 2.32. The minimum atomic E-state index is -0.450. The summed E-state index contributed by atoms with van der Waals surface area (Å²) in [6.07, 6.45) is 2.05. The Kier molecular flexibility index (Phi) is 1.55. The lowest BCUT2D eigenvalue weighted by atomic mass is 10.1. The van der Waals surface area contributed by atoms with E-state index in [-0.39, 0.29) is 0 Å². The number of aliphatic hydroxyl groups is 1. The third-order valence-corrected chi connectivity index (χ3v) is 3.27. The summed E-state index contributed by atoms with van der Waals surface area (Å²) in [6.45, 7) is 2.13. The molecule has 60 valence electrons. The van der Waals surface area contributed by atoms with Crippen molar-refractivity contribution >= 4 is 11.3 Å². The first kappa shape index (κ1) is 7.32.